The Labute approximate surface area is 194 Å². The molecule has 0 atom stereocenters. The van der Waals surface area contributed by atoms with E-state index in [1.807, 2.05) is 4.90 Å². The van der Waals surface area contributed by atoms with Crippen molar-refractivity contribution in [2.75, 3.05) is 48.9 Å². The summed E-state index contributed by atoms with van der Waals surface area (Å²) in [6.45, 7) is 5.72. The van der Waals surface area contributed by atoms with Crippen molar-refractivity contribution in [1.29, 1.82) is 0 Å². The smallest absolute Gasteiger partial charge is 0.337 e. The van der Waals surface area contributed by atoms with Crippen LogP contribution in [-0.2, 0) is 14.8 Å². The number of rotatable bonds is 10. The number of benzene rings is 2. The minimum absolute atomic E-state index is 0.0116. The lowest BCUT2D eigenvalue weighted by Crippen LogP contribution is -2.49. The highest BCUT2D eigenvalue weighted by Crippen LogP contribution is 2.26. The molecule has 1 aliphatic rings. The molecule has 0 spiro atoms. The van der Waals surface area contributed by atoms with Crippen molar-refractivity contribution in [1.82, 2.24) is 10.2 Å². The van der Waals surface area contributed by atoms with Crippen LogP contribution in [0.2, 0.25) is 0 Å². The van der Waals surface area contributed by atoms with Crippen LogP contribution in [0.25, 0.3) is 0 Å². The van der Waals surface area contributed by atoms with Crippen molar-refractivity contribution in [3.05, 3.63) is 54.1 Å². The number of nitrogens with zero attached hydrogens (tertiary/aromatic N) is 2. The van der Waals surface area contributed by atoms with E-state index in [-0.39, 0.29) is 22.1 Å². The van der Waals surface area contributed by atoms with E-state index in [0.29, 0.717) is 45.0 Å². The quantitative estimate of drug-likeness (QED) is 0.452. The van der Waals surface area contributed by atoms with Gasteiger partial charge >= 0.3 is 5.97 Å². The number of carbonyl (C=O) groups is 2. The van der Waals surface area contributed by atoms with Crippen LogP contribution in [0.4, 0.5) is 11.4 Å². The molecule has 0 unspecified atom stereocenters. The van der Waals surface area contributed by atoms with Gasteiger partial charge in [0.25, 0.3) is 10.0 Å². The number of nitrogens with one attached hydrogen (secondary N) is 2. The van der Waals surface area contributed by atoms with Crippen molar-refractivity contribution in [3.8, 4) is 0 Å². The number of anilines is 2. The SMILES string of the molecule is CCCCNC(=O)CN1CCN(c2ccc(NS(=O)(=O)c3ccccc3)c(C(=O)O)c2)CC1. The maximum Gasteiger partial charge on any atom is 0.337 e. The molecule has 3 N–H and O–H groups in total. The van der Waals surface area contributed by atoms with Crippen LogP contribution < -0.4 is 14.9 Å². The summed E-state index contributed by atoms with van der Waals surface area (Å²) in [7, 11) is -3.91. The molecule has 178 valence electrons. The van der Waals surface area contributed by atoms with E-state index in [0.717, 1.165) is 12.8 Å². The second-order valence-electron chi connectivity index (χ2n) is 7.92. The summed E-state index contributed by atoms with van der Waals surface area (Å²) in [6.07, 6.45) is 1.99. The molecule has 1 heterocycles. The molecule has 3 rings (SSSR count). The monoisotopic (exact) mass is 474 g/mol. The van der Waals surface area contributed by atoms with Gasteiger partial charge in [-0.05, 0) is 36.8 Å². The van der Waals surface area contributed by atoms with Crippen LogP contribution in [0.5, 0.6) is 0 Å². The van der Waals surface area contributed by atoms with Gasteiger partial charge in [-0.3, -0.25) is 14.4 Å². The van der Waals surface area contributed by atoms with Crippen LogP contribution >= 0.6 is 0 Å². The highest BCUT2D eigenvalue weighted by molar-refractivity contribution is 7.92. The minimum atomic E-state index is -3.91. The van der Waals surface area contributed by atoms with E-state index in [1.165, 1.54) is 24.3 Å². The molecule has 0 aliphatic carbocycles. The molecule has 1 amide bonds. The largest absolute Gasteiger partial charge is 0.478 e. The Balaban J connectivity index is 1.65. The summed E-state index contributed by atoms with van der Waals surface area (Å²) in [5, 5.41) is 12.6. The van der Waals surface area contributed by atoms with Gasteiger partial charge in [0, 0.05) is 38.4 Å². The van der Waals surface area contributed by atoms with Gasteiger partial charge in [0.05, 0.1) is 22.7 Å². The van der Waals surface area contributed by atoms with Gasteiger partial charge in [0.1, 0.15) is 0 Å². The van der Waals surface area contributed by atoms with Gasteiger partial charge in [-0.25, -0.2) is 13.2 Å². The summed E-state index contributed by atoms with van der Waals surface area (Å²) < 4.78 is 27.6. The van der Waals surface area contributed by atoms with Crippen LogP contribution in [0, 0.1) is 0 Å². The maximum absolute atomic E-state index is 12.6. The van der Waals surface area contributed by atoms with Gasteiger partial charge in [-0.15, -0.1) is 0 Å². The summed E-state index contributed by atoms with van der Waals surface area (Å²) >= 11 is 0. The molecule has 2 aromatic carbocycles. The number of sulfonamides is 1. The van der Waals surface area contributed by atoms with Crippen molar-refractivity contribution >= 4 is 33.3 Å². The van der Waals surface area contributed by atoms with E-state index in [4.69, 9.17) is 0 Å². The average molecular weight is 475 g/mol. The summed E-state index contributed by atoms with van der Waals surface area (Å²) in [5.74, 6) is -1.20. The van der Waals surface area contributed by atoms with E-state index in [2.05, 4.69) is 21.9 Å². The van der Waals surface area contributed by atoms with Gasteiger partial charge in [0.2, 0.25) is 5.91 Å². The topological polar surface area (TPSA) is 119 Å². The number of hydrogen-bond donors (Lipinski definition) is 3. The van der Waals surface area contributed by atoms with Gasteiger partial charge < -0.3 is 15.3 Å². The number of piperazine rings is 1. The first-order valence-corrected chi connectivity index (χ1v) is 12.5. The van der Waals surface area contributed by atoms with Crippen molar-refractivity contribution in [2.24, 2.45) is 0 Å². The normalized spacial score (nSPS) is 14.6. The number of carboxylic acid groups (broad SMARTS) is 1. The van der Waals surface area contributed by atoms with Gasteiger partial charge in [-0.1, -0.05) is 31.5 Å². The average Bonchev–Trinajstić information content (AvgIpc) is 2.80. The molecule has 1 aliphatic heterocycles. The molecule has 0 aromatic heterocycles. The Kier molecular flexibility index (Phi) is 8.29. The number of amides is 1. The number of unbranched alkanes of at least 4 members (excludes halogenated alkanes) is 1. The molecule has 0 bridgehead atoms. The Bertz CT molecular complexity index is 1070. The molecule has 9 nitrogen and oxygen atoms in total. The third-order valence-electron chi connectivity index (χ3n) is 5.49. The first-order chi connectivity index (χ1) is 15.8. The fourth-order valence-corrected chi connectivity index (χ4v) is 4.73. The third kappa shape index (κ3) is 6.69. The lowest BCUT2D eigenvalue weighted by Gasteiger charge is -2.36. The van der Waals surface area contributed by atoms with Gasteiger partial charge in [-0.2, -0.15) is 0 Å². The summed E-state index contributed by atoms with van der Waals surface area (Å²) in [4.78, 5) is 28.0. The second kappa shape index (κ2) is 11.2. The van der Waals surface area contributed by atoms with E-state index >= 15 is 0 Å². The van der Waals surface area contributed by atoms with Crippen LogP contribution in [0.3, 0.4) is 0 Å². The fraction of sp³-hybridized carbons (Fsp3) is 0.391. The standard InChI is InChI=1S/C23H30N4O5S/c1-2-3-11-24-22(28)17-26-12-14-27(15-13-26)18-9-10-21(20(16-18)23(29)30)25-33(31,32)19-7-5-4-6-8-19/h4-10,16,25H,2-3,11-15,17H2,1H3,(H,24,28)(H,29,30). The highest BCUT2D eigenvalue weighted by atomic mass is 32.2. The molecule has 1 saturated heterocycles. The predicted molar refractivity (Wildman–Crippen MR) is 127 cm³/mol. The Morgan fingerprint density at radius 3 is 2.36 bits per heavy atom. The lowest BCUT2D eigenvalue weighted by molar-refractivity contribution is -0.122. The Hall–Kier alpha value is -3.11. The lowest BCUT2D eigenvalue weighted by atomic mass is 10.1. The van der Waals surface area contributed by atoms with Crippen LogP contribution in [-0.4, -0.2) is 69.6 Å². The van der Waals surface area contributed by atoms with Crippen molar-refractivity contribution < 1.29 is 23.1 Å². The molecule has 33 heavy (non-hydrogen) atoms. The van der Waals surface area contributed by atoms with Crippen LogP contribution in [0.1, 0.15) is 30.1 Å². The van der Waals surface area contributed by atoms with Gasteiger partial charge in [0.15, 0.2) is 0 Å². The van der Waals surface area contributed by atoms with Crippen LogP contribution in [0.15, 0.2) is 53.4 Å². The number of carbonyl (C=O) groups excluding carboxylic acids is 1. The number of aromatic carboxylic acids is 1. The van der Waals surface area contributed by atoms with Crippen molar-refractivity contribution in [3.63, 3.8) is 0 Å². The Morgan fingerprint density at radius 2 is 1.73 bits per heavy atom. The fourth-order valence-electron chi connectivity index (χ4n) is 3.63. The first-order valence-electron chi connectivity index (χ1n) is 11.0. The minimum Gasteiger partial charge on any atom is -0.478 e. The number of carboxylic acids is 1. The second-order valence-corrected chi connectivity index (χ2v) is 9.60. The zero-order valence-corrected chi connectivity index (χ0v) is 19.5. The molecular weight excluding hydrogens is 444 g/mol. The molecule has 2 aromatic rings. The van der Waals surface area contributed by atoms with Crippen molar-refractivity contribution in [2.45, 2.75) is 24.7 Å². The van der Waals surface area contributed by atoms with E-state index < -0.39 is 16.0 Å². The predicted octanol–water partition coefficient (Wildman–Crippen LogP) is 2.22. The number of hydrogen-bond acceptors (Lipinski definition) is 6. The highest BCUT2D eigenvalue weighted by Gasteiger charge is 2.23. The maximum atomic E-state index is 12.6. The molecule has 0 radical (unpaired) electrons. The third-order valence-corrected chi connectivity index (χ3v) is 6.87. The first kappa shape index (κ1) is 24.5. The molecule has 10 heteroatoms. The molecule has 1 fully saturated rings. The summed E-state index contributed by atoms with van der Waals surface area (Å²) in [6, 6.07) is 12.5. The molecular formula is C23H30N4O5S. The molecule has 0 saturated carbocycles. The van der Waals surface area contributed by atoms with E-state index in [1.54, 1.807) is 24.3 Å². The zero-order chi connectivity index (χ0) is 23.8. The Morgan fingerprint density at radius 1 is 1.03 bits per heavy atom. The summed E-state index contributed by atoms with van der Waals surface area (Å²) in [5.41, 5.74) is 0.587. The zero-order valence-electron chi connectivity index (χ0n) is 18.7. The van der Waals surface area contributed by atoms with E-state index in [9.17, 15) is 23.1 Å².